The lowest BCUT2D eigenvalue weighted by Crippen LogP contribution is -2.17. The van der Waals surface area contributed by atoms with Gasteiger partial charge in [-0.2, -0.15) is 13.2 Å². The van der Waals surface area contributed by atoms with Crippen LogP contribution in [0.3, 0.4) is 0 Å². The Kier molecular flexibility index (Phi) is 6.29. The second-order valence-corrected chi connectivity index (χ2v) is 7.72. The highest BCUT2D eigenvalue weighted by atomic mass is 35.5. The van der Waals surface area contributed by atoms with E-state index in [2.05, 4.69) is 10.3 Å². The van der Waals surface area contributed by atoms with E-state index in [-0.39, 0.29) is 35.5 Å². The highest BCUT2D eigenvalue weighted by molar-refractivity contribution is 6.30. The number of nitrogens with zero attached hydrogens (tertiary/aromatic N) is 1. The molecule has 1 aliphatic heterocycles. The van der Waals surface area contributed by atoms with Crippen LogP contribution in [0.2, 0.25) is 5.02 Å². The summed E-state index contributed by atoms with van der Waals surface area (Å²) < 4.78 is 51.2. The summed E-state index contributed by atoms with van der Waals surface area (Å²) in [5, 5.41) is 2.80. The van der Waals surface area contributed by atoms with Gasteiger partial charge in [0.15, 0.2) is 11.5 Å². The molecule has 1 aliphatic rings. The molecule has 0 saturated carbocycles. The summed E-state index contributed by atoms with van der Waals surface area (Å²) in [5.41, 5.74) is 0.410. The number of aromatic nitrogens is 1. The van der Waals surface area contributed by atoms with Gasteiger partial charge >= 0.3 is 6.18 Å². The molecule has 10 heteroatoms. The summed E-state index contributed by atoms with van der Waals surface area (Å²) in [6, 6.07) is 16.9. The normalized spacial score (nSPS) is 12.4. The predicted octanol–water partition coefficient (Wildman–Crippen LogP) is 6.98. The third-order valence-corrected chi connectivity index (χ3v) is 5.40. The van der Waals surface area contributed by atoms with Gasteiger partial charge in [0.2, 0.25) is 6.79 Å². The molecule has 0 atom stereocenters. The van der Waals surface area contributed by atoms with E-state index in [0.29, 0.717) is 33.7 Å². The van der Waals surface area contributed by atoms with Gasteiger partial charge in [0.1, 0.15) is 0 Å². The number of nitrogens with one attached hydrogen (secondary N) is 1. The predicted molar refractivity (Wildman–Crippen MR) is 125 cm³/mol. The Bertz CT molecular complexity index is 1410. The molecule has 174 valence electrons. The fraction of sp³-hybridized carbons (Fsp3) is 0.0833. The topological polar surface area (TPSA) is 60.5 Å². The summed E-state index contributed by atoms with van der Waals surface area (Å²) in [4.78, 5) is 17.8. The number of rotatable bonds is 3. The minimum absolute atomic E-state index is 0. The molecule has 0 bridgehead atoms. The van der Waals surface area contributed by atoms with E-state index in [9.17, 15) is 18.0 Å². The highest BCUT2D eigenvalue weighted by Gasteiger charge is 2.34. The first-order valence-corrected chi connectivity index (χ1v) is 10.2. The Morgan fingerprint density at radius 3 is 2.53 bits per heavy atom. The van der Waals surface area contributed by atoms with Crippen LogP contribution >= 0.6 is 24.0 Å². The molecule has 34 heavy (non-hydrogen) atoms. The van der Waals surface area contributed by atoms with Gasteiger partial charge in [-0.1, -0.05) is 29.8 Å². The molecule has 1 amide bonds. The number of anilines is 1. The Hall–Kier alpha value is -3.49. The van der Waals surface area contributed by atoms with E-state index >= 15 is 0 Å². The van der Waals surface area contributed by atoms with Crippen molar-refractivity contribution < 1.29 is 27.4 Å². The molecule has 0 fully saturated rings. The highest BCUT2D eigenvalue weighted by Crippen LogP contribution is 2.38. The van der Waals surface area contributed by atoms with Gasteiger partial charge < -0.3 is 14.8 Å². The fourth-order valence-electron chi connectivity index (χ4n) is 3.62. The van der Waals surface area contributed by atoms with Crippen LogP contribution in [0.25, 0.3) is 22.2 Å². The molecule has 2 heterocycles. The van der Waals surface area contributed by atoms with Crippen LogP contribution in [0.4, 0.5) is 18.9 Å². The Morgan fingerprint density at radius 2 is 1.74 bits per heavy atom. The fourth-order valence-corrected chi connectivity index (χ4v) is 3.79. The van der Waals surface area contributed by atoms with Crippen molar-refractivity contribution in [2.24, 2.45) is 0 Å². The van der Waals surface area contributed by atoms with Crippen molar-refractivity contribution in [3.8, 4) is 22.8 Å². The number of fused-ring (bicyclic) bond motifs is 2. The third kappa shape index (κ3) is 4.47. The monoisotopic (exact) mass is 506 g/mol. The van der Waals surface area contributed by atoms with Gasteiger partial charge in [-0.25, -0.2) is 4.98 Å². The van der Waals surface area contributed by atoms with E-state index in [1.807, 2.05) is 0 Å². The number of halogens is 5. The number of benzene rings is 3. The number of hydrogen-bond acceptors (Lipinski definition) is 4. The van der Waals surface area contributed by atoms with Crippen molar-refractivity contribution in [1.29, 1.82) is 0 Å². The average Bonchev–Trinajstić information content (AvgIpc) is 3.26. The van der Waals surface area contributed by atoms with Gasteiger partial charge in [-0.05, 0) is 48.5 Å². The van der Waals surface area contributed by atoms with Crippen LogP contribution < -0.4 is 14.8 Å². The summed E-state index contributed by atoms with van der Waals surface area (Å²) in [6.45, 7) is 0.111. The first-order valence-electron chi connectivity index (χ1n) is 9.77. The van der Waals surface area contributed by atoms with Crippen molar-refractivity contribution in [2.75, 3.05) is 12.1 Å². The first-order chi connectivity index (χ1) is 15.8. The lowest BCUT2D eigenvalue weighted by Gasteiger charge is -2.15. The van der Waals surface area contributed by atoms with Crippen molar-refractivity contribution in [2.45, 2.75) is 6.18 Å². The van der Waals surface area contributed by atoms with Crippen LogP contribution in [0.5, 0.6) is 11.5 Å². The maximum absolute atomic E-state index is 13.5. The first kappa shape index (κ1) is 23.7. The number of hydrogen-bond donors (Lipinski definition) is 1. The van der Waals surface area contributed by atoms with E-state index in [1.165, 1.54) is 6.07 Å². The van der Waals surface area contributed by atoms with E-state index in [4.69, 9.17) is 21.1 Å². The van der Waals surface area contributed by atoms with Gasteiger partial charge in [0, 0.05) is 16.0 Å². The van der Waals surface area contributed by atoms with Gasteiger partial charge in [-0.15, -0.1) is 12.4 Å². The zero-order valence-electron chi connectivity index (χ0n) is 17.2. The Morgan fingerprint density at radius 1 is 0.971 bits per heavy atom. The van der Waals surface area contributed by atoms with E-state index in [1.54, 1.807) is 48.5 Å². The Balaban J connectivity index is 0.00000274. The van der Waals surface area contributed by atoms with Crippen LogP contribution in [0.1, 0.15) is 15.9 Å². The van der Waals surface area contributed by atoms with Crippen LogP contribution in [0.15, 0.2) is 66.7 Å². The maximum atomic E-state index is 13.5. The number of alkyl halides is 3. The van der Waals surface area contributed by atoms with Gasteiger partial charge in [-0.3, -0.25) is 4.79 Å². The molecule has 0 spiro atoms. The maximum Gasteiger partial charge on any atom is 0.418 e. The van der Waals surface area contributed by atoms with E-state index < -0.39 is 17.6 Å². The minimum Gasteiger partial charge on any atom is -0.454 e. The number of para-hydroxylation sites is 1. The third-order valence-electron chi connectivity index (χ3n) is 5.16. The molecule has 1 N–H and O–H groups in total. The Labute approximate surface area is 202 Å². The van der Waals surface area contributed by atoms with Crippen LogP contribution in [-0.2, 0) is 6.18 Å². The zero-order valence-corrected chi connectivity index (χ0v) is 18.7. The lowest BCUT2D eigenvalue weighted by molar-refractivity contribution is -0.136. The molecular formula is C24H15Cl2F3N2O3. The van der Waals surface area contributed by atoms with E-state index in [0.717, 1.165) is 12.1 Å². The van der Waals surface area contributed by atoms with Gasteiger partial charge in [0.05, 0.1) is 28.0 Å². The molecule has 5 nitrogen and oxygen atoms in total. The second-order valence-electron chi connectivity index (χ2n) is 7.28. The molecular weight excluding hydrogens is 492 g/mol. The number of carbonyl (C=O) groups excluding carboxylic acids is 1. The number of amides is 1. The summed E-state index contributed by atoms with van der Waals surface area (Å²) >= 11 is 5.74. The molecule has 1 aromatic heterocycles. The molecule has 0 radical (unpaired) electrons. The summed E-state index contributed by atoms with van der Waals surface area (Å²) in [5.74, 6) is 0.438. The zero-order chi connectivity index (χ0) is 23.2. The number of ether oxygens (including phenoxy) is 2. The van der Waals surface area contributed by atoms with Crippen molar-refractivity contribution >= 4 is 46.5 Å². The van der Waals surface area contributed by atoms with Crippen molar-refractivity contribution in [3.05, 3.63) is 82.9 Å². The van der Waals surface area contributed by atoms with Crippen LogP contribution in [-0.4, -0.2) is 17.7 Å². The SMILES string of the molecule is Cl.O=C(Nc1ccc(Cl)cc1C(F)(F)F)c1cc(-c2ccc3c(c2)OCO3)nc2ccccc12. The number of pyridine rings is 1. The standard InChI is InChI=1S/C24H14ClF3N2O3.ClH/c25-14-6-7-19(17(10-14)24(26,27)28)30-23(31)16-11-20(29-18-4-2-1-3-15(16)18)13-5-8-21-22(9-13)33-12-32-21;/h1-11H,12H2,(H,30,31);1H. The summed E-state index contributed by atoms with van der Waals surface area (Å²) in [7, 11) is 0. The second kappa shape index (κ2) is 9.04. The van der Waals surface area contributed by atoms with Crippen LogP contribution in [0, 0.1) is 0 Å². The molecule has 5 rings (SSSR count). The smallest absolute Gasteiger partial charge is 0.418 e. The molecule has 0 saturated heterocycles. The molecule has 0 unspecified atom stereocenters. The quantitative estimate of drug-likeness (QED) is 0.325. The molecule has 3 aromatic carbocycles. The minimum atomic E-state index is -4.69. The lowest BCUT2D eigenvalue weighted by atomic mass is 10.0. The van der Waals surface area contributed by atoms with Crippen molar-refractivity contribution in [1.82, 2.24) is 4.98 Å². The molecule has 4 aromatic rings. The van der Waals surface area contributed by atoms with Gasteiger partial charge in [0.25, 0.3) is 5.91 Å². The van der Waals surface area contributed by atoms with Crippen molar-refractivity contribution in [3.63, 3.8) is 0 Å². The largest absolute Gasteiger partial charge is 0.454 e. The number of carbonyl (C=O) groups is 1. The summed E-state index contributed by atoms with van der Waals surface area (Å²) in [6.07, 6.45) is -4.69. The molecule has 0 aliphatic carbocycles. The average molecular weight is 507 g/mol.